The molecule has 0 saturated carbocycles. The van der Waals surface area contributed by atoms with Crippen molar-refractivity contribution in [1.29, 1.82) is 0 Å². The van der Waals surface area contributed by atoms with Crippen molar-refractivity contribution in [3.05, 3.63) is 56.2 Å². The van der Waals surface area contributed by atoms with Gasteiger partial charge in [0.2, 0.25) is 0 Å². The van der Waals surface area contributed by atoms with Gasteiger partial charge in [-0.15, -0.1) is 0 Å². The molecule has 5 nitrogen and oxygen atoms in total. The second-order valence-corrected chi connectivity index (χ2v) is 5.00. The minimum Gasteiger partial charge on any atom is -0.340 e. The minimum absolute atomic E-state index is 0.0961. The van der Waals surface area contributed by atoms with Gasteiger partial charge in [0.05, 0.1) is 10.6 Å². The van der Waals surface area contributed by atoms with E-state index in [9.17, 15) is 10.1 Å². The van der Waals surface area contributed by atoms with Crippen LogP contribution in [0.1, 0.15) is 11.3 Å². The molecule has 0 atom stereocenters. The van der Waals surface area contributed by atoms with Gasteiger partial charge in [-0.1, -0.05) is 6.07 Å². The zero-order chi connectivity index (χ0) is 14.0. The van der Waals surface area contributed by atoms with Gasteiger partial charge in [0.15, 0.2) is 0 Å². The van der Waals surface area contributed by atoms with Crippen LogP contribution < -0.4 is 5.32 Å². The van der Waals surface area contributed by atoms with E-state index in [1.54, 1.807) is 19.1 Å². The number of aryl methyl sites for hydroxylation is 2. The third-order valence-electron chi connectivity index (χ3n) is 2.70. The van der Waals surface area contributed by atoms with Crippen molar-refractivity contribution in [1.82, 2.24) is 4.98 Å². The Bertz CT molecular complexity index is 644. The maximum Gasteiger partial charge on any atom is 0.274 e. The molecule has 0 spiro atoms. The summed E-state index contributed by atoms with van der Waals surface area (Å²) in [6.45, 7) is 3.59. The predicted molar refractivity (Wildman–Crippen MR) is 77.8 cm³/mol. The molecule has 0 aliphatic rings. The molecule has 1 N–H and O–H groups in total. The average Bonchev–Trinajstić information content (AvgIpc) is 2.36. The van der Waals surface area contributed by atoms with Crippen LogP contribution in [-0.2, 0) is 0 Å². The third-order valence-corrected chi connectivity index (χ3v) is 3.54. The standard InChI is InChI=1S/C13H12BrN3O2/c1-8-3-4-10(7-12(8)17(18)19)16-13-6-5-11(14)9(2)15-13/h3-7H,1-2H3,(H,15,16). The molecule has 0 amide bonds. The van der Waals surface area contributed by atoms with Gasteiger partial charge in [-0.25, -0.2) is 4.98 Å². The van der Waals surface area contributed by atoms with Crippen molar-refractivity contribution in [3.63, 3.8) is 0 Å². The van der Waals surface area contributed by atoms with E-state index in [2.05, 4.69) is 26.2 Å². The van der Waals surface area contributed by atoms with Crippen molar-refractivity contribution in [2.45, 2.75) is 13.8 Å². The first-order valence-corrected chi connectivity index (χ1v) is 6.42. The number of hydrogen-bond acceptors (Lipinski definition) is 4. The SMILES string of the molecule is Cc1ccc(Nc2ccc(Br)c(C)n2)cc1[N+](=O)[O-]. The first-order chi connectivity index (χ1) is 8.97. The summed E-state index contributed by atoms with van der Waals surface area (Å²) < 4.78 is 0.924. The monoisotopic (exact) mass is 321 g/mol. The number of aromatic nitrogens is 1. The maximum atomic E-state index is 10.9. The maximum absolute atomic E-state index is 10.9. The molecule has 98 valence electrons. The van der Waals surface area contributed by atoms with Crippen LogP contribution in [0.2, 0.25) is 0 Å². The molecule has 0 aliphatic carbocycles. The fourth-order valence-corrected chi connectivity index (χ4v) is 1.87. The number of nitrogens with one attached hydrogen (secondary N) is 1. The third kappa shape index (κ3) is 3.08. The van der Waals surface area contributed by atoms with E-state index in [4.69, 9.17) is 0 Å². The molecule has 1 aromatic heterocycles. The number of nitrogens with zero attached hydrogens (tertiary/aromatic N) is 2. The van der Waals surface area contributed by atoms with Crippen molar-refractivity contribution >= 4 is 33.1 Å². The Morgan fingerprint density at radius 3 is 2.63 bits per heavy atom. The zero-order valence-corrected chi connectivity index (χ0v) is 12.1. The van der Waals surface area contributed by atoms with Crippen LogP contribution >= 0.6 is 15.9 Å². The average molecular weight is 322 g/mol. The van der Waals surface area contributed by atoms with Gasteiger partial charge in [-0.3, -0.25) is 10.1 Å². The number of nitro benzene ring substituents is 1. The van der Waals surface area contributed by atoms with Crippen LogP contribution in [-0.4, -0.2) is 9.91 Å². The molecule has 1 aromatic carbocycles. The van der Waals surface area contributed by atoms with Crippen LogP contribution in [0, 0.1) is 24.0 Å². The van der Waals surface area contributed by atoms with Crippen molar-refractivity contribution < 1.29 is 4.92 Å². The molecule has 0 radical (unpaired) electrons. The molecule has 6 heteroatoms. The number of pyridine rings is 1. The normalized spacial score (nSPS) is 10.3. The highest BCUT2D eigenvalue weighted by Gasteiger charge is 2.11. The van der Waals surface area contributed by atoms with E-state index in [-0.39, 0.29) is 10.6 Å². The van der Waals surface area contributed by atoms with Crippen LogP contribution in [0.4, 0.5) is 17.2 Å². The van der Waals surface area contributed by atoms with Gasteiger partial charge >= 0.3 is 0 Å². The molecule has 0 bridgehead atoms. The van der Waals surface area contributed by atoms with E-state index < -0.39 is 0 Å². The van der Waals surface area contributed by atoms with Gasteiger partial charge in [-0.2, -0.15) is 0 Å². The number of anilines is 2. The molecule has 0 aliphatic heterocycles. The lowest BCUT2D eigenvalue weighted by Crippen LogP contribution is -1.97. The number of nitro groups is 1. The highest BCUT2D eigenvalue weighted by molar-refractivity contribution is 9.10. The molecule has 0 fully saturated rings. The largest absolute Gasteiger partial charge is 0.340 e. The molecule has 0 unspecified atom stereocenters. The van der Waals surface area contributed by atoms with E-state index in [1.165, 1.54) is 6.07 Å². The summed E-state index contributed by atoms with van der Waals surface area (Å²) in [5.74, 6) is 0.652. The Morgan fingerprint density at radius 2 is 2.00 bits per heavy atom. The second-order valence-electron chi connectivity index (χ2n) is 4.15. The van der Waals surface area contributed by atoms with Crippen molar-refractivity contribution in [2.75, 3.05) is 5.32 Å². The molecule has 2 rings (SSSR count). The highest BCUT2D eigenvalue weighted by atomic mass is 79.9. The van der Waals surface area contributed by atoms with Crippen molar-refractivity contribution in [2.24, 2.45) is 0 Å². The van der Waals surface area contributed by atoms with Gasteiger partial charge < -0.3 is 5.32 Å². The molecular weight excluding hydrogens is 310 g/mol. The second kappa shape index (κ2) is 5.36. The molecule has 0 saturated heterocycles. The summed E-state index contributed by atoms with van der Waals surface area (Å²) in [6.07, 6.45) is 0. The summed E-state index contributed by atoms with van der Waals surface area (Å²) >= 11 is 3.38. The number of hydrogen-bond donors (Lipinski definition) is 1. The molecule has 19 heavy (non-hydrogen) atoms. The minimum atomic E-state index is -0.388. The smallest absolute Gasteiger partial charge is 0.274 e. The lowest BCUT2D eigenvalue weighted by Gasteiger charge is -2.08. The zero-order valence-electron chi connectivity index (χ0n) is 10.5. The number of halogens is 1. The van der Waals surface area contributed by atoms with E-state index >= 15 is 0 Å². The van der Waals surface area contributed by atoms with Crippen LogP contribution in [0.15, 0.2) is 34.8 Å². The Kier molecular flexibility index (Phi) is 3.80. The van der Waals surface area contributed by atoms with Crippen LogP contribution in [0.3, 0.4) is 0 Å². The quantitative estimate of drug-likeness (QED) is 0.682. The fourth-order valence-electron chi connectivity index (χ4n) is 1.65. The van der Waals surface area contributed by atoms with Crippen LogP contribution in [0.5, 0.6) is 0 Å². The molecule has 1 heterocycles. The summed E-state index contributed by atoms with van der Waals surface area (Å²) in [4.78, 5) is 14.8. The van der Waals surface area contributed by atoms with Crippen molar-refractivity contribution in [3.8, 4) is 0 Å². The Labute approximate surface area is 119 Å². The first-order valence-electron chi connectivity index (χ1n) is 5.62. The summed E-state index contributed by atoms with van der Waals surface area (Å²) in [5, 5.41) is 13.9. The van der Waals surface area contributed by atoms with Gasteiger partial charge in [0.25, 0.3) is 5.69 Å². The fraction of sp³-hybridized carbons (Fsp3) is 0.154. The Hall–Kier alpha value is -1.95. The lowest BCUT2D eigenvalue weighted by atomic mass is 10.2. The topological polar surface area (TPSA) is 68.1 Å². The van der Waals surface area contributed by atoms with Crippen LogP contribution in [0.25, 0.3) is 0 Å². The van der Waals surface area contributed by atoms with E-state index in [0.29, 0.717) is 17.1 Å². The first kappa shape index (κ1) is 13.5. The van der Waals surface area contributed by atoms with Gasteiger partial charge in [0.1, 0.15) is 5.82 Å². The highest BCUT2D eigenvalue weighted by Crippen LogP contribution is 2.25. The number of benzene rings is 1. The Balaban J connectivity index is 2.30. The van der Waals surface area contributed by atoms with Gasteiger partial charge in [0, 0.05) is 21.8 Å². The summed E-state index contributed by atoms with van der Waals surface area (Å²) in [5.41, 5.74) is 2.23. The van der Waals surface area contributed by atoms with E-state index in [0.717, 1.165) is 10.2 Å². The predicted octanol–water partition coefficient (Wildman–Crippen LogP) is 4.11. The molecule has 2 aromatic rings. The van der Waals surface area contributed by atoms with E-state index in [1.807, 2.05) is 19.1 Å². The summed E-state index contributed by atoms with van der Waals surface area (Å²) in [6, 6.07) is 8.71. The number of rotatable bonds is 3. The Morgan fingerprint density at radius 1 is 1.26 bits per heavy atom. The summed E-state index contributed by atoms with van der Waals surface area (Å²) in [7, 11) is 0. The lowest BCUT2D eigenvalue weighted by molar-refractivity contribution is -0.385. The molecular formula is C13H12BrN3O2. The van der Waals surface area contributed by atoms with Gasteiger partial charge in [-0.05, 0) is 48.0 Å².